The quantitative estimate of drug-likeness (QED) is 0.302. The van der Waals surface area contributed by atoms with E-state index in [1.807, 2.05) is 12.1 Å². The van der Waals surface area contributed by atoms with E-state index in [4.69, 9.17) is 9.84 Å². The predicted molar refractivity (Wildman–Crippen MR) is 135 cm³/mol. The number of ether oxygens (including phenoxy) is 1. The number of rotatable bonds is 7. The summed E-state index contributed by atoms with van der Waals surface area (Å²) in [4.78, 5) is 12.8. The second kappa shape index (κ2) is 9.22. The van der Waals surface area contributed by atoms with Crippen molar-refractivity contribution in [3.05, 3.63) is 59.0 Å². The molecular formula is C26H26FN7O3. The van der Waals surface area contributed by atoms with Gasteiger partial charge in [-0.1, -0.05) is 12.1 Å². The molecule has 190 valence electrons. The summed E-state index contributed by atoms with van der Waals surface area (Å²) in [5.74, 6) is -0.150. The first-order valence-electron chi connectivity index (χ1n) is 11.8. The van der Waals surface area contributed by atoms with Gasteiger partial charge in [-0.05, 0) is 43.5 Å². The Hall–Kier alpha value is -4.43. The molecule has 5 rings (SSSR count). The Labute approximate surface area is 212 Å². The van der Waals surface area contributed by atoms with Crippen LogP contribution in [0.25, 0.3) is 22.2 Å². The summed E-state index contributed by atoms with van der Waals surface area (Å²) < 4.78 is 20.7. The fraction of sp³-hybridized carbons (Fsp3) is 0.308. The Kier molecular flexibility index (Phi) is 6.05. The first kappa shape index (κ1) is 24.3. The first-order valence-corrected chi connectivity index (χ1v) is 11.8. The molecular weight excluding hydrogens is 477 g/mol. The molecule has 2 aromatic heterocycles. The van der Waals surface area contributed by atoms with Crippen LogP contribution in [-0.4, -0.2) is 50.8 Å². The highest BCUT2D eigenvalue weighted by Gasteiger charge is 2.41. The van der Waals surface area contributed by atoms with Crippen LogP contribution >= 0.6 is 0 Å². The molecule has 0 bridgehead atoms. The number of carbonyl (C=O) groups excluding carboxylic acids is 1. The van der Waals surface area contributed by atoms with Crippen molar-refractivity contribution >= 4 is 22.6 Å². The molecule has 0 aliphatic heterocycles. The number of nitrogens with one attached hydrogen (secondary N) is 3. The van der Waals surface area contributed by atoms with Crippen LogP contribution in [0.3, 0.4) is 0 Å². The zero-order chi connectivity index (χ0) is 26.3. The number of H-pyrrole nitrogens is 1. The molecule has 1 amide bonds. The van der Waals surface area contributed by atoms with Gasteiger partial charge in [-0.3, -0.25) is 9.89 Å². The predicted octanol–water partition coefficient (Wildman–Crippen LogP) is 3.50. The fourth-order valence-corrected chi connectivity index (χ4v) is 4.94. The average Bonchev–Trinajstić information content (AvgIpc) is 3.50. The van der Waals surface area contributed by atoms with Crippen molar-refractivity contribution in [2.45, 2.75) is 38.0 Å². The molecule has 4 aromatic rings. The number of nitriles is 1. The zero-order valence-corrected chi connectivity index (χ0v) is 20.6. The van der Waals surface area contributed by atoms with Gasteiger partial charge in [0, 0.05) is 24.5 Å². The Morgan fingerprint density at radius 1 is 1.38 bits per heavy atom. The van der Waals surface area contributed by atoms with Crippen LogP contribution in [0.4, 0.5) is 10.2 Å². The summed E-state index contributed by atoms with van der Waals surface area (Å²) >= 11 is 0. The Morgan fingerprint density at radius 2 is 2.16 bits per heavy atom. The van der Waals surface area contributed by atoms with E-state index in [1.165, 1.54) is 19.2 Å². The molecule has 0 atom stereocenters. The number of benzene rings is 2. The summed E-state index contributed by atoms with van der Waals surface area (Å²) in [6.07, 6.45) is 2.74. The third kappa shape index (κ3) is 4.25. The molecule has 1 fully saturated rings. The van der Waals surface area contributed by atoms with Crippen molar-refractivity contribution in [3.63, 3.8) is 0 Å². The summed E-state index contributed by atoms with van der Waals surface area (Å²) in [6.45, 7) is 1.94. The topological polar surface area (TPSA) is 141 Å². The number of anilines is 1. The highest BCUT2D eigenvalue weighted by atomic mass is 19.1. The molecule has 37 heavy (non-hydrogen) atoms. The van der Waals surface area contributed by atoms with E-state index in [-0.39, 0.29) is 23.9 Å². The maximum atomic E-state index is 13.7. The van der Waals surface area contributed by atoms with Gasteiger partial charge in [0.2, 0.25) is 0 Å². The maximum Gasteiger partial charge on any atom is 0.255 e. The normalized spacial score (nSPS) is 18.8. The minimum atomic E-state index is -0.742. The summed E-state index contributed by atoms with van der Waals surface area (Å²) in [5, 5.41) is 38.7. The van der Waals surface area contributed by atoms with Crippen molar-refractivity contribution in [3.8, 4) is 23.1 Å². The van der Waals surface area contributed by atoms with Gasteiger partial charge in [0.25, 0.3) is 5.91 Å². The molecule has 10 nitrogen and oxygen atoms in total. The second-order valence-electron chi connectivity index (χ2n) is 9.40. The lowest BCUT2D eigenvalue weighted by molar-refractivity contribution is -0.0536. The molecule has 2 aromatic carbocycles. The van der Waals surface area contributed by atoms with E-state index < -0.39 is 17.3 Å². The number of halogens is 1. The van der Waals surface area contributed by atoms with Crippen molar-refractivity contribution in [2.75, 3.05) is 19.5 Å². The smallest absolute Gasteiger partial charge is 0.255 e. The summed E-state index contributed by atoms with van der Waals surface area (Å²) in [5.41, 5.74) is 2.40. The highest BCUT2D eigenvalue weighted by Crippen LogP contribution is 2.44. The van der Waals surface area contributed by atoms with Gasteiger partial charge in [0.05, 0.1) is 36.0 Å². The van der Waals surface area contributed by atoms with E-state index in [2.05, 4.69) is 26.9 Å². The number of aromatic amines is 1. The number of hydrogen-bond donors (Lipinski definition) is 4. The molecule has 1 saturated carbocycles. The van der Waals surface area contributed by atoms with Gasteiger partial charge in [-0.25, -0.2) is 9.07 Å². The minimum Gasteiger partial charge on any atom is -0.496 e. The molecule has 0 spiro atoms. The monoisotopic (exact) mass is 503 g/mol. The number of amides is 1. The molecule has 0 radical (unpaired) electrons. The lowest BCUT2D eigenvalue weighted by Gasteiger charge is -2.41. The van der Waals surface area contributed by atoms with E-state index in [1.54, 1.807) is 24.9 Å². The van der Waals surface area contributed by atoms with Crippen LogP contribution in [0.15, 0.2) is 36.5 Å². The van der Waals surface area contributed by atoms with E-state index in [9.17, 15) is 19.6 Å². The second-order valence-corrected chi connectivity index (χ2v) is 9.40. The standard InChI is InChI=1S/C26H26FN7O3/c1-26(36)9-16(10-26)34-24(29-2)19(11-28)23(33-34)17-6-4-14(22-20(17)13-31-32-22)12-30-25(35)18-8-15(27)5-7-21(18)37-3/h4-8,13,16,29,36H,9-10,12H2,1-3H3,(H,30,35)(H,31,32). The van der Waals surface area contributed by atoms with E-state index >= 15 is 0 Å². The number of hydrogen-bond acceptors (Lipinski definition) is 7. The zero-order valence-electron chi connectivity index (χ0n) is 20.6. The number of nitrogens with zero attached hydrogens (tertiary/aromatic N) is 4. The molecule has 0 saturated heterocycles. The van der Waals surface area contributed by atoms with Crippen molar-refractivity contribution in [2.24, 2.45) is 0 Å². The van der Waals surface area contributed by atoms with Crippen LogP contribution in [0.2, 0.25) is 0 Å². The number of carbonyl (C=O) groups is 1. The van der Waals surface area contributed by atoms with Gasteiger partial charge < -0.3 is 20.5 Å². The van der Waals surface area contributed by atoms with Crippen LogP contribution in [0.1, 0.15) is 47.3 Å². The minimum absolute atomic E-state index is 0.0209. The summed E-state index contributed by atoms with van der Waals surface area (Å²) in [7, 11) is 3.16. The van der Waals surface area contributed by atoms with Gasteiger partial charge >= 0.3 is 0 Å². The number of fused-ring (bicyclic) bond motifs is 1. The third-order valence-corrected chi connectivity index (χ3v) is 6.76. The fourth-order valence-electron chi connectivity index (χ4n) is 4.94. The van der Waals surface area contributed by atoms with Gasteiger partial charge in [-0.15, -0.1) is 0 Å². The Balaban J connectivity index is 1.47. The molecule has 11 heteroatoms. The SMILES string of the molecule is CNc1c(C#N)c(-c2ccc(CNC(=O)c3cc(F)ccc3OC)c3[nH]ncc23)nn1C1CC(C)(O)C1. The van der Waals surface area contributed by atoms with Gasteiger partial charge in [0.15, 0.2) is 0 Å². The number of aliphatic hydroxyl groups is 1. The van der Waals surface area contributed by atoms with Crippen molar-refractivity contribution in [1.82, 2.24) is 25.3 Å². The van der Waals surface area contributed by atoms with E-state index in [0.717, 1.165) is 17.0 Å². The van der Waals surface area contributed by atoms with Gasteiger partial charge in [-0.2, -0.15) is 15.5 Å². The summed E-state index contributed by atoms with van der Waals surface area (Å²) in [6, 6.07) is 9.67. The Bertz CT molecular complexity index is 1540. The maximum absolute atomic E-state index is 13.7. The highest BCUT2D eigenvalue weighted by molar-refractivity contribution is 5.99. The number of aromatic nitrogens is 4. The molecule has 4 N–H and O–H groups in total. The van der Waals surface area contributed by atoms with Crippen LogP contribution in [-0.2, 0) is 6.54 Å². The third-order valence-electron chi connectivity index (χ3n) is 6.76. The molecule has 0 unspecified atom stereocenters. The lowest BCUT2D eigenvalue weighted by atomic mass is 9.77. The van der Waals surface area contributed by atoms with Crippen LogP contribution in [0.5, 0.6) is 5.75 Å². The number of methoxy groups -OCH3 is 1. The molecule has 2 heterocycles. The first-order chi connectivity index (χ1) is 17.8. The van der Waals surface area contributed by atoms with E-state index in [0.29, 0.717) is 41.0 Å². The largest absolute Gasteiger partial charge is 0.496 e. The van der Waals surface area contributed by atoms with Crippen LogP contribution < -0.4 is 15.4 Å². The van der Waals surface area contributed by atoms with Gasteiger partial charge in [0.1, 0.15) is 34.7 Å². The molecule has 1 aliphatic carbocycles. The molecule has 1 aliphatic rings. The van der Waals surface area contributed by atoms with Crippen molar-refractivity contribution < 1.29 is 19.0 Å². The lowest BCUT2D eigenvalue weighted by Crippen LogP contribution is -2.42. The Morgan fingerprint density at radius 3 is 2.84 bits per heavy atom. The van der Waals surface area contributed by atoms with Crippen LogP contribution in [0, 0.1) is 17.1 Å². The average molecular weight is 504 g/mol. The van der Waals surface area contributed by atoms with Crippen molar-refractivity contribution in [1.29, 1.82) is 5.26 Å².